The van der Waals surface area contributed by atoms with Crippen LogP contribution in [-0.4, -0.2) is 38.0 Å². The Morgan fingerprint density at radius 1 is 1.25 bits per heavy atom. The fourth-order valence-corrected chi connectivity index (χ4v) is 3.23. The van der Waals surface area contributed by atoms with E-state index in [9.17, 15) is 13.2 Å². The molecule has 1 aliphatic heterocycles. The van der Waals surface area contributed by atoms with Gasteiger partial charge in [0.15, 0.2) is 9.84 Å². The smallest absolute Gasteiger partial charge is 0.307 e. The van der Waals surface area contributed by atoms with Crippen LogP contribution in [0.2, 0.25) is 0 Å². The van der Waals surface area contributed by atoms with Crippen LogP contribution >= 0.6 is 0 Å². The van der Waals surface area contributed by atoms with Crippen molar-refractivity contribution in [1.29, 1.82) is 0 Å². The second-order valence-electron chi connectivity index (χ2n) is 4.60. The third-order valence-electron chi connectivity index (χ3n) is 3.04. The molecule has 0 spiro atoms. The number of sulfone groups is 1. The summed E-state index contributed by atoms with van der Waals surface area (Å²) < 4.78 is 24.3. The molecule has 20 heavy (non-hydrogen) atoms. The topological polar surface area (TPSA) is 83.8 Å². The molecule has 5 nitrogen and oxygen atoms in total. The number of nitrogens with zero attached hydrogens (tertiary/aromatic N) is 1. The van der Waals surface area contributed by atoms with E-state index in [0.29, 0.717) is 18.5 Å². The molecule has 1 aromatic rings. The maximum absolute atomic E-state index is 12.1. The lowest BCUT2D eigenvalue weighted by atomic mass is 10.2. The molecule has 0 saturated carbocycles. The zero-order valence-corrected chi connectivity index (χ0v) is 11.6. The van der Waals surface area contributed by atoms with Crippen molar-refractivity contribution in [3.8, 4) is 0 Å². The van der Waals surface area contributed by atoms with E-state index in [1.54, 1.807) is 18.3 Å². The van der Waals surface area contributed by atoms with Crippen LogP contribution in [0.1, 0.15) is 12.0 Å². The Morgan fingerprint density at radius 3 is 2.50 bits per heavy atom. The van der Waals surface area contributed by atoms with Gasteiger partial charge in [-0.3, -0.25) is 9.79 Å². The van der Waals surface area contributed by atoms with Crippen molar-refractivity contribution in [3.63, 3.8) is 0 Å². The molecule has 0 radical (unpaired) electrons. The molecular formula is C14H15NO4S. The van der Waals surface area contributed by atoms with Crippen LogP contribution in [0.25, 0.3) is 0 Å². The number of carboxylic acid groups (broad SMARTS) is 1. The maximum atomic E-state index is 12.1. The summed E-state index contributed by atoms with van der Waals surface area (Å²) in [7, 11) is -3.34. The Balaban J connectivity index is 2.03. The number of aliphatic imine (C=N–C) groups is 1. The summed E-state index contributed by atoms with van der Waals surface area (Å²) in [5, 5.41) is 8.67. The number of hydrogen-bond donors (Lipinski definition) is 1. The van der Waals surface area contributed by atoms with E-state index in [2.05, 4.69) is 4.99 Å². The minimum Gasteiger partial charge on any atom is -0.481 e. The third-order valence-corrected chi connectivity index (χ3v) is 4.77. The molecule has 0 aliphatic carbocycles. The third kappa shape index (κ3) is 3.77. The van der Waals surface area contributed by atoms with Crippen LogP contribution in [0.4, 0.5) is 0 Å². The van der Waals surface area contributed by atoms with Crippen LogP contribution in [-0.2, 0) is 21.1 Å². The van der Waals surface area contributed by atoms with Gasteiger partial charge in [0.05, 0.1) is 23.6 Å². The molecule has 1 N–H and O–H groups in total. The molecule has 1 aliphatic rings. The van der Waals surface area contributed by atoms with Crippen molar-refractivity contribution in [3.05, 3.63) is 41.5 Å². The van der Waals surface area contributed by atoms with Crippen LogP contribution in [0.3, 0.4) is 0 Å². The summed E-state index contributed by atoms with van der Waals surface area (Å²) in [6.45, 7) is 0.576. The summed E-state index contributed by atoms with van der Waals surface area (Å²) in [5.74, 6) is -0.894. The first kappa shape index (κ1) is 14.5. The van der Waals surface area contributed by atoms with E-state index in [1.807, 2.05) is 6.08 Å². The largest absolute Gasteiger partial charge is 0.481 e. The standard InChI is InChI=1S/C14H15NO4S/c16-14(17)9-11-1-3-13(4-2-11)20(18,19)8-6-12-5-7-15-10-12/h1-5,7H,6,8-10H2,(H,16,17). The number of benzene rings is 1. The fourth-order valence-electron chi connectivity index (χ4n) is 1.92. The van der Waals surface area contributed by atoms with Crippen molar-refractivity contribution in [2.75, 3.05) is 12.3 Å². The zero-order valence-electron chi connectivity index (χ0n) is 10.8. The zero-order chi connectivity index (χ0) is 14.6. The molecule has 0 amide bonds. The molecule has 0 saturated heterocycles. The highest BCUT2D eigenvalue weighted by Crippen LogP contribution is 2.16. The number of carboxylic acids is 1. The van der Waals surface area contributed by atoms with Crippen molar-refractivity contribution in [2.45, 2.75) is 17.7 Å². The molecule has 0 atom stereocenters. The highest BCUT2D eigenvalue weighted by molar-refractivity contribution is 7.91. The van der Waals surface area contributed by atoms with Gasteiger partial charge in [0.2, 0.25) is 0 Å². The molecule has 0 aromatic heterocycles. The minimum atomic E-state index is -3.34. The Kier molecular flexibility index (Phi) is 4.34. The van der Waals surface area contributed by atoms with E-state index in [1.165, 1.54) is 12.1 Å². The van der Waals surface area contributed by atoms with E-state index in [4.69, 9.17) is 5.11 Å². The van der Waals surface area contributed by atoms with E-state index in [0.717, 1.165) is 5.57 Å². The summed E-state index contributed by atoms with van der Waals surface area (Å²) in [6.07, 6.45) is 3.89. The number of hydrogen-bond acceptors (Lipinski definition) is 4. The quantitative estimate of drug-likeness (QED) is 0.861. The molecule has 6 heteroatoms. The van der Waals surface area contributed by atoms with Gasteiger partial charge in [0.25, 0.3) is 0 Å². The second-order valence-corrected chi connectivity index (χ2v) is 6.71. The second kappa shape index (κ2) is 6.00. The van der Waals surface area contributed by atoms with E-state index >= 15 is 0 Å². The molecule has 1 heterocycles. The van der Waals surface area contributed by atoms with Crippen LogP contribution in [0.15, 0.2) is 45.8 Å². The molecule has 1 aromatic carbocycles. The first-order chi connectivity index (χ1) is 9.47. The summed E-state index contributed by atoms with van der Waals surface area (Å²) in [5.41, 5.74) is 1.60. The average Bonchev–Trinajstić information content (AvgIpc) is 2.89. The summed E-state index contributed by atoms with van der Waals surface area (Å²) >= 11 is 0. The Morgan fingerprint density at radius 2 is 1.95 bits per heavy atom. The number of aliphatic carboxylic acids is 1. The first-order valence-electron chi connectivity index (χ1n) is 6.19. The molecule has 0 bridgehead atoms. The molecule has 0 unspecified atom stereocenters. The van der Waals surface area contributed by atoms with Gasteiger partial charge in [-0.15, -0.1) is 0 Å². The average molecular weight is 293 g/mol. The van der Waals surface area contributed by atoms with Gasteiger partial charge < -0.3 is 5.11 Å². The minimum absolute atomic E-state index is 0.0421. The van der Waals surface area contributed by atoms with Crippen LogP contribution < -0.4 is 0 Å². The Hall–Kier alpha value is -1.95. The van der Waals surface area contributed by atoms with Crippen molar-refractivity contribution < 1.29 is 18.3 Å². The maximum Gasteiger partial charge on any atom is 0.307 e. The van der Waals surface area contributed by atoms with Gasteiger partial charge in [-0.1, -0.05) is 12.1 Å². The monoisotopic (exact) mass is 293 g/mol. The SMILES string of the molecule is O=C(O)Cc1ccc(S(=O)(=O)CCC2=CC=NC2)cc1. The first-order valence-corrected chi connectivity index (χ1v) is 7.84. The Labute approximate surface area is 117 Å². The van der Waals surface area contributed by atoms with Crippen molar-refractivity contribution >= 4 is 22.0 Å². The molecule has 2 rings (SSSR count). The fraction of sp³-hybridized carbons (Fsp3) is 0.286. The molecule has 106 valence electrons. The van der Waals surface area contributed by atoms with Gasteiger partial charge >= 0.3 is 5.97 Å². The molecular weight excluding hydrogens is 278 g/mol. The van der Waals surface area contributed by atoms with Crippen LogP contribution in [0, 0.1) is 0 Å². The number of carbonyl (C=O) groups is 1. The predicted octanol–water partition coefficient (Wildman–Crippen LogP) is 1.49. The van der Waals surface area contributed by atoms with Gasteiger partial charge in [-0.05, 0) is 35.8 Å². The lowest BCUT2D eigenvalue weighted by Gasteiger charge is -2.06. The number of allylic oxidation sites excluding steroid dienone is 1. The molecule has 0 fully saturated rings. The van der Waals surface area contributed by atoms with Gasteiger partial charge in [0, 0.05) is 6.21 Å². The highest BCUT2D eigenvalue weighted by Gasteiger charge is 2.15. The van der Waals surface area contributed by atoms with Crippen LogP contribution in [0.5, 0.6) is 0 Å². The van der Waals surface area contributed by atoms with Gasteiger partial charge in [-0.2, -0.15) is 0 Å². The van der Waals surface area contributed by atoms with E-state index in [-0.39, 0.29) is 17.1 Å². The van der Waals surface area contributed by atoms with Crippen molar-refractivity contribution in [2.24, 2.45) is 4.99 Å². The lowest BCUT2D eigenvalue weighted by molar-refractivity contribution is -0.136. The predicted molar refractivity (Wildman–Crippen MR) is 75.9 cm³/mol. The highest BCUT2D eigenvalue weighted by atomic mass is 32.2. The summed E-state index contributed by atoms with van der Waals surface area (Å²) in [4.78, 5) is 14.8. The van der Waals surface area contributed by atoms with Crippen molar-refractivity contribution in [1.82, 2.24) is 0 Å². The summed E-state index contributed by atoms with van der Waals surface area (Å²) in [6, 6.07) is 6.01. The normalized spacial score (nSPS) is 14.3. The van der Waals surface area contributed by atoms with E-state index < -0.39 is 15.8 Å². The lowest BCUT2D eigenvalue weighted by Crippen LogP contribution is -2.08. The Bertz CT molecular complexity index is 657. The number of rotatable bonds is 6. The van der Waals surface area contributed by atoms with Gasteiger partial charge in [-0.25, -0.2) is 8.42 Å². The van der Waals surface area contributed by atoms with Gasteiger partial charge in [0.1, 0.15) is 0 Å².